The number of hydrogen-bond acceptors (Lipinski definition) is 2. The van der Waals surface area contributed by atoms with Gasteiger partial charge in [0.2, 0.25) is 5.91 Å². The second-order valence-corrected chi connectivity index (χ2v) is 7.48. The third kappa shape index (κ3) is 3.97. The zero-order chi connectivity index (χ0) is 14.7. The van der Waals surface area contributed by atoms with Crippen molar-refractivity contribution in [2.75, 3.05) is 6.54 Å². The highest BCUT2D eigenvalue weighted by atomic mass is 16.2. The Morgan fingerprint density at radius 3 is 2.70 bits per heavy atom. The van der Waals surface area contributed by atoms with Crippen molar-refractivity contribution in [3.05, 3.63) is 0 Å². The molecule has 0 bridgehead atoms. The molecule has 0 spiro atoms. The molecule has 1 saturated carbocycles. The summed E-state index contributed by atoms with van der Waals surface area (Å²) in [4.78, 5) is 14.5. The van der Waals surface area contributed by atoms with Crippen LogP contribution in [0.15, 0.2) is 0 Å². The minimum Gasteiger partial charge on any atom is -0.326 e. The molecule has 0 aromatic carbocycles. The van der Waals surface area contributed by atoms with Gasteiger partial charge >= 0.3 is 0 Å². The lowest BCUT2D eigenvalue weighted by molar-refractivity contribution is -0.130. The van der Waals surface area contributed by atoms with E-state index in [1.54, 1.807) is 0 Å². The Morgan fingerprint density at radius 2 is 2.05 bits per heavy atom. The highest BCUT2D eigenvalue weighted by Gasteiger charge is 2.36. The van der Waals surface area contributed by atoms with Crippen LogP contribution in [0.2, 0.25) is 0 Å². The van der Waals surface area contributed by atoms with Crippen LogP contribution in [0.4, 0.5) is 0 Å². The fourth-order valence-electron chi connectivity index (χ4n) is 3.93. The minimum absolute atomic E-state index is 0.0512. The average Bonchev–Trinajstić information content (AvgIpc) is 2.62. The van der Waals surface area contributed by atoms with E-state index in [-0.39, 0.29) is 12.2 Å². The molecular formula is C17H32N2O. The maximum atomic E-state index is 12.5. The van der Waals surface area contributed by atoms with Crippen LogP contribution in [-0.4, -0.2) is 29.6 Å². The topological polar surface area (TPSA) is 32.3 Å². The molecule has 2 aliphatic rings. The van der Waals surface area contributed by atoms with Crippen LogP contribution < -0.4 is 5.32 Å². The van der Waals surface area contributed by atoms with Crippen molar-refractivity contribution in [3.63, 3.8) is 0 Å². The van der Waals surface area contributed by atoms with Gasteiger partial charge in [0.25, 0.3) is 0 Å². The van der Waals surface area contributed by atoms with Gasteiger partial charge in [-0.25, -0.2) is 0 Å². The molecule has 0 aromatic heterocycles. The normalized spacial score (nSPS) is 35.0. The molecule has 1 saturated heterocycles. The van der Waals surface area contributed by atoms with Gasteiger partial charge in [0.1, 0.15) is 0 Å². The third-order valence-corrected chi connectivity index (χ3v) is 5.02. The maximum Gasteiger partial charge on any atom is 0.241 e. The Bertz CT molecular complexity index is 329. The van der Waals surface area contributed by atoms with Crippen LogP contribution in [0, 0.1) is 17.8 Å². The summed E-state index contributed by atoms with van der Waals surface area (Å²) in [5.74, 6) is 2.62. The zero-order valence-electron chi connectivity index (χ0n) is 13.7. The Kier molecular flexibility index (Phi) is 5.48. The molecule has 3 nitrogen and oxygen atoms in total. The number of rotatable bonds is 5. The number of amides is 1. The van der Waals surface area contributed by atoms with E-state index in [2.05, 4.69) is 37.9 Å². The molecule has 0 radical (unpaired) electrons. The molecule has 3 heteroatoms. The van der Waals surface area contributed by atoms with Gasteiger partial charge in [-0.1, -0.05) is 40.0 Å². The fraction of sp³-hybridized carbons (Fsp3) is 0.941. The fourth-order valence-corrected chi connectivity index (χ4v) is 3.93. The van der Waals surface area contributed by atoms with Gasteiger partial charge in [-0.2, -0.15) is 0 Å². The van der Waals surface area contributed by atoms with Crippen LogP contribution in [0.5, 0.6) is 0 Å². The van der Waals surface area contributed by atoms with E-state index in [1.807, 2.05) is 0 Å². The van der Waals surface area contributed by atoms with E-state index in [0.717, 1.165) is 24.8 Å². The number of nitrogens with one attached hydrogen (secondary N) is 1. The highest BCUT2D eigenvalue weighted by Crippen LogP contribution is 2.31. The van der Waals surface area contributed by atoms with E-state index in [9.17, 15) is 4.79 Å². The van der Waals surface area contributed by atoms with Crippen molar-refractivity contribution in [2.45, 2.75) is 78.4 Å². The molecule has 2 fully saturated rings. The van der Waals surface area contributed by atoms with Crippen molar-refractivity contribution in [3.8, 4) is 0 Å². The van der Waals surface area contributed by atoms with E-state index in [4.69, 9.17) is 0 Å². The number of hydrogen-bond donors (Lipinski definition) is 1. The molecule has 4 atom stereocenters. The lowest BCUT2D eigenvalue weighted by Gasteiger charge is -2.29. The lowest BCUT2D eigenvalue weighted by atomic mass is 9.81. The summed E-state index contributed by atoms with van der Waals surface area (Å²) < 4.78 is 0. The summed E-state index contributed by atoms with van der Waals surface area (Å²) in [7, 11) is 0. The van der Waals surface area contributed by atoms with Crippen molar-refractivity contribution in [1.29, 1.82) is 0 Å². The molecule has 2 rings (SSSR count). The largest absolute Gasteiger partial charge is 0.326 e. The van der Waals surface area contributed by atoms with Gasteiger partial charge in [-0.3, -0.25) is 10.1 Å². The quantitative estimate of drug-likeness (QED) is 0.837. The molecule has 1 aliphatic heterocycles. The minimum atomic E-state index is 0.0512. The Hall–Kier alpha value is -0.570. The van der Waals surface area contributed by atoms with E-state index in [1.165, 1.54) is 32.1 Å². The van der Waals surface area contributed by atoms with Crippen molar-refractivity contribution >= 4 is 5.91 Å². The first-order chi connectivity index (χ1) is 9.47. The third-order valence-electron chi connectivity index (χ3n) is 5.02. The SMILES string of the molecule is CC(C)CC1NC(C)N(CCC2CCCC(C)C2)C1=O. The predicted octanol–water partition coefficient (Wildman–Crippen LogP) is 3.40. The van der Waals surface area contributed by atoms with E-state index >= 15 is 0 Å². The van der Waals surface area contributed by atoms with Gasteiger partial charge in [-0.05, 0) is 43.9 Å². The number of nitrogens with zero attached hydrogens (tertiary/aromatic N) is 1. The summed E-state index contributed by atoms with van der Waals surface area (Å²) in [6.07, 6.45) is 7.86. The average molecular weight is 280 g/mol. The summed E-state index contributed by atoms with van der Waals surface area (Å²) in [5.41, 5.74) is 0. The first-order valence-corrected chi connectivity index (χ1v) is 8.54. The summed E-state index contributed by atoms with van der Waals surface area (Å²) >= 11 is 0. The molecule has 4 unspecified atom stereocenters. The number of carbonyl (C=O) groups excluding carboxylic acids is 1. The second-order valence-electron chi connectivity index (χ2n) is 7.48. The zero-order valence-corrected chi connectivity index (χ0v) is 13.7. The Labute approximate surface area is 124 Å². The van der Waals surface area contributed by atoms with E-state index < -0.39 is 0 Å². The molecule has 1 amide bonds. The molecule has 1 aliphatic carbocycles. The molecule has 1 heterocycles. The van der Waals surface area contributed by atoms with Crippen molar-refractivity contribution in [2.24, 2.45) is 17.8 Å². The molecule has 1 N–H and O–H groups in total. The van der Waals surface area contributed by atoms with Gasteiger partial charge in [-0.15, -0.1) is 0 Å². The van der Waals surface area contributed by atoms with Gasteiger partial charge in [0, 0.05) is 6.54 Å². The monoisotopic (exact) mass is 280 g/mol. The van der Waals surface area contributed by atoms with Crippen molar-refractivity contribution in [1.82, 2.24) is 10.2 Å². The molecule has 20 heavy (non-hydrogen) atoms. The van der Waals surface area contributed by atoms with Gasteiger partial charge in [0.15, 0.2) is 0 Å². The summed E-state index contributed by atoms with van der Waals surface area (Å²) in [5, 5.41) is 3.46. The standard InChI is InChI=1S/C17H32N2O/c1-12(2)10-16-17(20)19(14(4)18-16)9-8-15-7-5-6-13(3)11-15/h12-16,18H,5-11H2,1-4H3. The summed E-state index contributed by atoms with van der Waals surface area (Å²) in [6.45, 7) is 9.81. The first kappa shape index (κ1) is 15.8. The van der Waals surface area contributed by atoms with Gasteiger partial charge in [0.05, 0.1) is 12.2 Å². The van der Waals surface area contributed by atoms with E-state index in [0.29, 0.717) is 11.8 Å². The van der Waals surface area contributed by atoms with Gasteiger partial charge < -0.3 is 4.90 Å². The predicted molar refractivity (Wildman–Crippen MR) is 83.3 cm³/mol. The van der Waals surface area contributed by atoms with Crippen LogP contribution >= 0.6 is 0 Å². The lowest BCUT2D eigenvalue weighted by Crippen LogP contribution is -2.36. The number of carbonyl (C=O) groups is 1. The maximum absolute atomic E-state index is 12.5. The summed E-state index contributed by atoms with van der Waals surface area (Å²) in [6, 6.07) is 0.0512. The highest BCUT2D eigenvalue weighted by molar-refractivity contribution is 5.84. The van der Waals surface area contributed by atoms with Crippen molar-refractivity contribution < 1.29 is 4.79 Å². The second kappa shape index (κ2) is 6.93. The Balaban J connectivity index is 1.81. The van der Waals surface area contributed by atoms with Crippen LogP contribution in [-0.2, 0) is 4.79 Å². The molecule has 0 aromatic rings. The molecule has 116 valence electrons. The van der Waals surface area contributed by atoms with Crippen LogP contribution in [0.3, 0.4) is 0 Å². The molecular weight excluding hydrogens is 248 g/mol. The van der Waals surface area contributed by atoms with Crippen LogP contribution in [0.25, 0.3) is 0 Å². The first-order valence-electron chi connectivity index (χ1n) is 8.54. The van der Waals surface area contributed by atoms with Crippen LogP contribution in [0.1, 0.15) is 66.2 Å². The Morgan fingerprint density at radius 1 is 1.30 bits per heavy atom. The smallest absolute Gasteiger partial charge is 0.241 e.